The maximum Gasteiger partial charge on any atom is 0.407 e. The van der Waals surface area contributed by atoms with Crippen molar-refractivity contribution in [1.29, 1.82) is 5.26 Å². The molecule has 1 aliphatic rings. The molecule has 1 heterocycles. The van der Waals surface area contributed by atoms with Crippen molar-refractivity contribution >= 4 is 17.7 Å². The summed E-state index contributed by atoms with van der Waals surface area (Å²) in [6.45, 7) is 3.48. The molecule has 0 aliphatic carbocycles. The van der Waals surface area contributed by atoms with Gasteiger partial charge in [0.1, 0.15) is 0 Å². The Morgan fingerprint density at radius 2 is 1.76 bits per heavy atom. The summed E-state index contributed by atoms with van der Waals surface area (Å²) >= 11 is 6.45. The normalized spacial score (nSPS) is 16.0. The van der Waals surface area contributed by atoms with Gasteiger partial charge in [-0.1, -0.05) is 54.1 Å². The van der Waals surface area contributed by atoms with Gasteiger partial charge in [0, 0.05) is 23.5 Å². The van der Waals surface area contributed by atoms with E-state index in [1.54, 1.807) is 12.1 Å². The van der Waals surface area contributed by atoms with Crippen LogP contribution in [0.4, 0.5) is 4.79 Å². The summed E-state index contributed by atoms with van der Waals surface area (Å²) in [6, 6.07) is 25.7. The third-order valence-electron chi connectivity index (χ3n) is 6.72. The summed E-state index contributed by atoms with van der Waals surface area (Å²) in [5.41, 5.74) is 4.47. The number of amides is 1. The second kappa shape index (κ2) is 10.3. The predicted molar refractivity (Wildman–Crippen MR) is 133 cm³/mol. The highest BCUT2D eigenvalue weighted by molar-refractivity contribution is 6.31. The molecule has 1 aliphatic heterocycles. The van der Waals surface area contributed by atoms with E-state index in [4.69, 9.17) is 21.6 Å². The molecule has 0 spiro atoms. The lowest BCUT2D eigenvalue weighted by Crippen LogP contribution is -2.47. The molecule has 174 valence electrons. The number of hydrogen-bond donors (Lipinski definition) is 1. The van der Waals surface area contributed by atoms with Gasteiger partial charge in [-0.15, -0.1) is 0 Å². The standard InChI is InChI=1S/C28H27ClN2O3/c1-20(23-15-24(17-26(29)16-23)22-9-7-21(18-30)8-10-22)34-19-28(25-5-3-2-4-6-25)11-13-31(14-12-28)27(32)33/h2-10,15-17,20H,11-14,19H2,1H3,(H,32,33). The van der Waals surface area contributed by atoms with Gasteiger partial charge in [0.25, 0.3) is 0 Å². The van der Waals surface area contributed by atoms with E-state index in [0.717, 1.165) is 16.7 Å². The molecular weight excluding hydrogens is 448 g/mol. The molecule has 0 bridgehead atoms. The molecule has 3 aromatic carbocycles. The second-order valence-electron chi connectivity index (χ2n) is 8.83. The zero-order valence-electron chi connectivity index (χ0n) is 19.1. The maximum atomic E-state index is 11.4. The van der Waals surface area contributed by atoms with Crippen molar-refractivity contribution in [2.45, 2.75) is 31.3 Å². The fourth-order valence-corrected chi connectivity index (χ4v) is 4.81. The highest BCUT2D eigenvalue weighted by atomic mass is 35.5. The molecule has 1 saturated heterocycles. The van der Waals surface area contributed by atoms with Gasteiger partial charge < -0.3 is 14.7 Å². The van der Waals surface area contributed by atoms with Gasteiger partial charge in [-0.05, 0) is 72.4 Å². The van der Waals surface area contributed by atoms with Crippen LogP contribution in [-0.4, -0.2) is 35.8 Å². The maximum absolute atomic E-state index is 11.4. The molecule has 0 radical (unpaired) electrons. The molecule has 5 nitrogen and oxygen atoms in total. The van der Waals surface area contributed by atoms with Crippen molar-refractivity contribution in [3.63, 3.8) is 0 Å². The molecule has 3 aromatic rings. The minimum absolute atomic E-state index is 0.200. The Labute approximate surface area is 205 Å². The first kappa shape index (κ1) is 23.8. The van der Waals surface area contributed by atoms with Gasteiger partial charge in [-0.3, -0.25) is 0 Å². The Kier molecular flexibility index (Phi) is 7.21. The van der Waals surface area contributed by atoms with Crippen LogP contribution in [0.15, 0.2) is 72.8 Å². The Morgan fingerprint density at radius 3 is 2.38 bits per heavy atom. The number of ether oxygens (including phenoxy) is 1. The third kappa shape index (κ3) is 5.25. The van der Waals surface area contributed by atoms with Crippen LogP contribution < -0.4 is 0 Å². The second-order valence-corrected chi connectivity index (χ2v) is 9.27. The van der Waals surface area contributed by atoms with Gasteiger partial charge in [0.05, 0.1) is 24.3 Å². The average Bonchev–Trinajstić information content (AvgIpc) is 2.87. The topological polar surface area (TPSA) is 73.6 Å². The highest BCUT2D eigenvalue weighted by Crippen LogP contribution is 2.38. The molecule has 34 heavy (non-hydrogen) atoms. The first-order valence-electron chi connectivity index (χ1n) is 11.4. The summed E-state index contributed by atoms with van der Waals surface area (Å²) in [5, 5.41) is 19.1. The molecule has 1 atom stereocenters. The van der Waals surface area contributed by atoms with E-state index in [9.17, 15) is 9.90 Å². The number of piperidine rings is 1. The highest BCUT2D eigenvalue weighted by Gasteiger charge is 2.38. The van der Waals surface area contributed by atoms with Gasteiger partial charge in [0.15, 0.2) is 0 Å². The summed E-state index contributed by atoms with van der Waals surface area (Å²) in [4.78, 5) is 12.9. The molecule has 4 rings (SSSR count). The van der Waals surface area contributed by atoms with Crippen molar-refractivity contribution in [2.75, 3.05) is 19.7 Å². The van der Waals surface area contributed by atoms with Gasteiger partial charge in [-0.25, -0.2) is 4.79 Å². The van der Waals surface area contributed by atoms with Crippen LogP contribution in [0, 0.1) is 11.3 Å². The summed E-state index contributed by atoms with van der Waals surface area (Å²) < 4.78 is 6.44. The molecule has 1 unspecified atom stereocenters. The first-order chi connectivity index (χ1) is 16.4. The summed E-state index contributed by atoms with van der Waals surface area (Å²) in [6.07, 6.45) is 0.351. The van der Waals surface area contributed by atoms with E-state index >= 15 is 0 Å². The fourth-order valence-electron chi connectivity index (χ4n) is 4.57. The zero-order chi connectivity index (χ0) is 24.1. The van der Waals surface area contributed by atoms with Crippen LogP contribution >= 0.6 is 11.6 Å². The van der Waals surface area contributed by atoms with Gasteiger partial charge >= 0.3 is 6.09 Å². The summed E-state index contributed by atoms with van der Waals surface area (Å²) in [5.74, 6) is 0. The molecule has 1 N–H and O–H groups in total. The molecule has 0 aromatic heterocycles. The lowest BCUT2D eigenvalue weighted by atomic mass is 9.73. The van der Waals surface area contributed by atoms with Crippen molar-refractivity contribution in [1.82, 2.24) is 4.90 Å². The van der Waals surface area contributed by atoms with Crippen molar-refractivity contribution < 1.29 is 14.6 Å². The minimum atomic E-state index is -0.870. The van der Waals surface area contributed by atoms with E-state index in [1.807, 2.05) is 49.4 Å². The van der Waals surface area contributed by atoms with E-state index < -0.39 is 6.09 Å². The van der Waals surface area contributed by atoms with E-state index in [-0.39, 0.29) is 11.5 Å². The molecule has 1 amide bonds. The Bertz CT molecular complexity index is 1180. The number of likely N-dealkylation sites (tertiary alicyclic amines) is 1. The van der Waals surface area contributed by atoms with Crippen molar-refractivity contribution in [3.8, 4) is 17.2 Å². The van der Waals surface area contributed by atoms with Gasteiger partial charge in [-0.2, -0.15) is 5.26 Å². The quantitative estimate of drug-likeness (QED) is 0.433. The zero-order valence-corrected chi connectivity index (χ0v) is 19.8. The molecule has 6 heteroatoms. The number of nitrogens with zero attached hydrogens (tertiary/aromatic N) is 2. The van der Waals surface area contributed by atoms with Crippen LogP contribution in [0.3, 0.4) is 0 Å². The van der Waals surface area contributed by atoms with E-state index in [2.05, 4.69) is 24.3 Å². The van der Waals surface area contributed by atoms with Gasteiger partial charge in [0.2, 0.25) is 0 Å². The number of rotatable bonds is 6. The lowest BCUT2D eigenvalue weighted by Gasteiger charge is -2.41. The van der Waals surface area contributed by atoms with Crippen LogP contribution in [0.1, 0.15) is 42.6 Å². The number of halogens is 1. The first-order valence-corrected chi connectivity index (χ1v) is 11.7. The number of hydrogen-bond acceptors (Lipinski definition) is 3. The van der Waals surface area contributed by atoms with E-state index in [0.29, 0.717) is 43.1 Å². The minimum Gasteiger partial charge on any atom is -0.465 e. The van der Waals surface area contributed by atoms with Crippen LogP contribution in [-0.2, 0) is 10.2 Å². The molecule has 0 saturated carbocycles. The largest absolute Gasteiger partial charge is 0.465 e. The molecular formula is C28H27ClN2O3. The van der Waals surface area contributed by atoms with Crippen molar-refractivity contribution in [3.05, 3.63) is 94.5 Å². The Morgan fingerprint density at radius 1 is 1.09 bits per heavy atom. The van der Waals surface area contributed by atoms with Crippen LogP contribution in [0.25, 0.3) is 11.1 Å². The monoisotopic (exact) mass is 474 g/mol. The van der Waals surface area contributed by atoms with E-state index in [1.165, 1.54) is 10.5 Å². The Balaban J connectivity index is 1.54. The fraction of sp³-hybridized carbons (Fsp3) is 0.286. The van der Waals surface area contributed by atoms with Crippen molar-refractivity contribution in [2.24, 2.45) is 0 Å². The smallest absolute Gasteiger partial charge is 0.407 e. The SMILES string of the molecule is CC(OCC1(c2ccccc2)CCN(C(=O)O)CC1)c1cc(Cl)cc(-c2ccc(C#N)cc2)c1. The molecule has 1 fully saturated rings. The number of nitriles is 1. The Hall–Kier alpha value is -3.33. The summed E-state index contributed by atoms with van der Waals surface area (Å²) in [7, 11) is 0. The number of benzene rings is 3. The number of carboxylic acid groups (broad SMARTS) is 1. The van der Waals surface area contributed by atoms with Crippen LogP contribution in [0.2, 0.25) is 5.02 Å². The third-order valence-corrected chi connectivity index (χ3v) is 6.94. The average molecular weight is 475 g/mol. The van der Waals surface area contributed by atoms with Crippen LogP contribution in [0.5, 0.6) is 0 Å². The number of carbonyl (C=O) groups is 1. The lowest BCUT2D eigenvalue weighted by molar-refractivity contribution is 0.00509. The predicted octanol–water partition coefficient (Wildman–Crippen LogP) is 6.67.